The first-order valence-electron chi connectivity index (χ1n) is 6.80. The average molecular weight is 249 g/mol. The molecule has 3 heteroatoms. The number of methoxy groups -OCH3 is 1. The van der Waals surface area contributed by atoms with E-state index in [4.69, 9.17) is 4.74 Å². The van der Waals surface area contributed by atoms with Gasteiger partial charge in [-0.3, -0.25) is 0 Å². The minimum atomic E-state index is 0.211. The predicted molar refractivity (Wildman–Crippen MR) is 73.1 cm³/mol. The van der Waals surface area contributed by atoms with E-state index in [-0.39, 0.29) is 12.5 Å². The van der Waals surface area contributed by atoms with Crippen LogP contribution in [0.4, 0.5) is 0 Å². The molecule has 0 bridgehead atoms. The molecule has 1 N–H and O–H groups in total. The molecular formula is C15H23NO2. The maximum Gasteiger partial charge on any atom is 0.118 e. The van der Waals surface area contributed by atoms with Gasteiger partial charge in [0.2, 0.25) is 0 Å². The second kappa shape index (κ2) is 6.76. The summed E-state index contributed by atoms with van der Waals surface area (Å²) >= 11 is 0. The van der Waals surface area contributed by atoms with Crippen LogP contribution in [0, 0.1) is 0 Å². The van der Waals surface area contributed by atoms with Crippen molar-refractivity contribution in [3.05, 3.63) is 29.8 Å². The zero-order chi connectivity index (χ0) is 12.8. The van der Waals surface area contributed by atoms with Crippen molar-refractivity contribution in [1.82, 2.24) is 4.90 Å². The van der Waals surface area contributed by atoms with Crippen molar-refractivity contribution in [2.75, 3.05) is 33.4 Å². The first-order valence-corrected chi connectivity index (χ1v) is 6.80. The lowest BCUT2D eigenvalue weighted by molar-refractivity contribution is 0.178. The van der Waals surface area contributed by atoms with Crippen LogP contribution in [0.25, 0.3) is 0 Å². The number of hydrogen-bond donors (Lipinski definition) is 1. The molecular weight excluding hydrogens is 226 g/mol. The van der Waals surface area contributed by atoms with Crippen molar-refractivity contribution in [3.8, 4) is 5.75 Å². The van der Waals surface area contributed by atoms with Gasteiger partial charge in [-0.2, -0.15) is 0 Å². The summed E-state index contributed by atoms with van der Waals surface area (Å²) in [5.41, 5.74) is 1.20. The number of piperidine rings is 1. The number of aliphatic hydroxyl groups excluding tert-OH is 1. The molecule has 1 unspecified atom stereocenters. The van der Waals surface area contributed by atoms with Gasteiger partial charge in [-0.05, 0) is 43.6 Å². The van der Waals surface area contributed by atoms with Crippen molar-refractivity contribution in [3.63, 3.8) is 0 Å². The number of ether oxygens (including phenoxy) is 1. The molecule has 1 aliphatic heterocycles. The zero-order valence-electron chi connectivity index (χ0n) is 11.1. The molecule has 1 aromatic rings. The molecule has 1 saturated heterocycles. The minimum Gasteiger partial charge on any atom is -0.497 e. The van der Waals surface area contributed by atoms with E-state index < -0.39 is 0 Å². The summed E-state index contributed by atoms with van der Waals surface area (Å²) in [6.45, 7) is 3.52. The molecule has 1 atom stereocenters. The summed E-state index contributed by atoms with van der Waals surface area (Å²) in [4.78, 5) is 2.47. The normalized spacial score (nSPS) is 18.6. The number of nitrogens with zero attached hydrogens (tertiary/aromatic N) is 1. The Bertz CT molecular complexity index is 344. The van der Waals surface area contributed by atoms with Gasteiger partial charge < -0.3 is 14.7 Å². The van der Waals surface area contributed by atoms with Crippen LogP contribution in [0.5, 0.6) is 5.75 Å². The van der Waals surface area contributed by atoms with Crippen LogP contribution < -0.4 is 4.74 Å². The van der Waals surface area contributed by atoms with Gasteiger partial charge >= 0.3 is 0 Å². The van der Waals surface area contributed by atoms with E-state index in [0.717, 1.165) is 12.3 Å². The highest BCUT2D eigenvalue weighted by molar-refractivity contribution is 5.29. The monoisotopic (exact) mass is 249 g/mol. The molecule has 1 fully saturated rings. The van der Waals surface area contributed by atoms with Crippen LogP contribution in [0.2, 0.25) is 0 Å². The van der Waals surface area contributed by atoms with E-state index in [1.807, 2.05) is 12.1 Å². The Hall–Kier alpha value is -1.06. The molecule has 0 radical (unpaired) electrons. The lowest BCUT2D eigenvalue weighted by atomic mass is 9.98. The Morgan fingerprint density at radius 3 is 2.39 bits per heavy atom. The smallest absolute Gasteiger partial charge is 0.118 e. The van der Waals surface area contributed by atoms with Crippen LogP contribution in [-0.2, 0) is 0 Å². The number of likely N-dealkylation sites (tertiary alicyclic amines) is 1. The first kappa shape index (κ1) is 13.4. The molecule has 0 saturated carbocycles. The van der Waals surface area contributed by atoms with Crippen molar-refractivity contribution in [2.24, 2.45) is 0 Å². The lowest BCUT2D eigenvalue weighted by Crippen LogP contribution is -2.34. The molecule has 1 aliphatic rings. The Labute approximate surface area is 109 Å². The molecule has 2 rings (SSSR count). The molecule has 1 aromatic carbocycles. The molecule has 0 aliphatic carbocycles. The predicted octanol–water partition coefficient (Wildman–Crippen LogP) is 2.26. The zero-order valence-corrected chi connectivity index (χ0v) is 11.1. The molecule has 18 heavy (non-hydrogen) atoms. The molecule has 100 valence electrons. The van der Waals surface area contributed by atoms with E-state index in [1.54, 1.807) is 7.11 Å². The van der Waals surface area contributed by atoms with Crippen LogP contribution in [0.3, 0.4) is 0 Å². The highest BCUT2D eigenvalue weighted by atomic mass is 16.5. The van der Waals surface area contributed by atoms with Crippen molar-refractivity contribution < 1.29 is 9.84 Å². The van der Waals surface area contributed by atoms with Crippen molar-refractivity contribution >= 4 is 0 Å². The summed E-state index contributed by atoms with van der Waals surface area (Å²) in [7, 11) is 1.67. The van der Waals surface area contributed by atoms with Crippen molar-refractivity contribution in [1.29, 1.82) is 0 Å². The molecule has 0 aromatic heterocycles. The average Bonchev–Trinajstić information content (AvgIpc) is 2.46. The fourth-order valence-corrected chi connectivity index (χ4v) is 2.60. The topological polar surface area (TPSA) is 32.7 Å². The van der Waals surface area contributed by atoms with E-state index in [9.17, 15) is 5.11 Å². The standard InChI is InChI=1S/C15H23NO2/c1-18-15-7-5-13(6-8-15)14(12-17)11-16-9-3-2-4-10-16/h5-8,14,17H,2-4,9-12H2,1H3. The second-order valence-corrected chi connectivity index (χ2v) is 5.01. The first-order chi connectivity index (χ1) is 8.83. The molecule has 0 spiro atoms. The Morgan fingerprint density at radius 1 is 1.17 bits per heavy atom. The molecule has 0 amide bonds. The quantitative estimate of drug-likeness (QED) is 0.869. The fraction of sp³-hybridized carbons (Fsp3) is 0.600. The van der Waals surface area contributed by atoms with Gasteiger partial charge in [0.15, 0.2) is 0 Å². The van der Waals surface area contributed by atoms with Gasteiger partial charge in [0.1, 0.15) is 5.75 Å². The Morgan fingerprint density at radius 2 is 1.83 bits per heavy atom. The van der Waals surface area contributed by atoms with Gasteiger partial charge in [-0.15, -0.1) is 0 Å². The number of aliphatic hydroxyl groups is 1. The number of benzene rings is 1. The van der Waals surface area contributed by atoms with E-state index in [0.29, 0.717) is 0 Å². The van der Waals surface area contributed by atoms with Crippen molar-refractivity contribution in [2.45, 2.75) is 25.2 Å². The van der Waals surface area contributed by atoms with E-state index in [1.165, 1.54) is 37.9 Å². The van der Waals surface area contributed by atoms with E-state index >= 15 is 0 Å². The third-order valence-electron chi connectivity index (χ3n) is 3.73. The second-order valence-electron chi connectivity index (χ2n) is 5.01. The van der Waals surface area contributed by atoms with Crippen LogP contribution in [0.15, 0.2) is 24.3 Å². The Kier molecular flexibility index (Phi) is 5.02. The third-order valence-corrected chi connectivity index (χ3v) is 3.73. The SMILES string of the molecule is COc1ccc(C(CO)CN2CCCCC2)cc1. The fourth-order valence-electron chi connectivity index (χ4n) is 2.60. The maximum absolute atomic E-state index is 9.58. The highest BCUT2D eigenvalue weighted by Crippen LogP contribution is 2.21. The maximum atomic E-state index is 9.58. The number of rotatable bonds is 5. The minimum absolute atomic E-state index is 0.211. The van der Waals surface area contributed by atoms with Gasteiger partial charge in [0, 0.05) is 12.5 Å². The summed E-state index contributed by atoms with van der Waals surface area (Å²) in [6, 6.07) is 8.05. The molecule has 1 heterocycles. The summed E-state index contributed by atoms with van der Waals surface area (Å²) in [5.74, 6) is 1.09. The largest absolute Gasteiger partial charge is 0.497 e. The van der Waals surface area contributed by atoms with Crippen LogP contribution in [0.1, 0.15) is 30.7 Å². The van der Waals surface area contributed by atoms with Gasteiger partial charge in [-0.25, -0.2) is 0 Å². The van der Waals surface area contributed by atoms with Gasteiger partial charge in [0.05, 0.1) is 13.7 Å². The van der Waals surface area contributed by atoms with E-state index in [2.05, 4.69) is 17.0 Å². The number of hydrogen-bond acceptors (Lipinski definition) is 3. The summed E-state index contributed by atoms with van der Waals surface area (Å²) < 4.78 is 5.16. The van der Waals surface area contributed by atoms with Crippen LogP contribution in [-0.4, -0.2) is 43.4 Å². The summed E-state index contributed by atoms with van der Waals surface area (Å²) in [6.07, 6.45) is 3.93. The van der Waals surface area contributed by atoms with Gasteiger partial charge in [-0.1, -0.05) is 18.6 Å². The lowest BCUT2D eigenvalue weighted by Gasteiger charge is -2.30. The Balaban J connectivity index is 1.97. The highest BCUT2D eigenvalue weighted by Gasteiger charge is 2.17. The third kappa shape index (κ3) is 3.47. The van der Waals surface area contributed by atoms with Crippen LogP contribution >= 0.6 is 0 Å². The van der Waals surface area contributed by atoms with Gasteiger partial charge in [0.25, 0.3) is 0 Å². The molecule has 3 nitrogen and oxygen atoms in total. The summed E-state index contributed by atoms with van der Waals surface area (Å²) in [5, 5.41) is 9.58.